The molecule has 0 atom stereocenters. The summed E-state index contributed by atoms with van der Waals surface area (Å²) >= 11 is 0. The fourth-order valence-electron chi connectivity index (χ4n) is 5.63. The van der Waals surface area contributed by atoms with E-state index in [0.29, 0.717) is 5.82 Å². The van der Waals surface area contributed by atoms with Crippen molar-refractivity contribution in [3.63, 3.8) is 0 Å². The first kappa shape index (κ1) is 24.9. The summed E-state index contributed by atoms with van der Waals surface area (Å²) in [5.74, 6) is 0.664. The molecule has 8 aromatic rings. The predicted octanol–water partition coefficient (Wildman–Crippen LogP) is 10.1. The molecule has 0 aliphatic carbocycles. The van der Waals surface area contributed by atoms with E-state index in [1.165, 1.54) is 0 Å². The molecule has 0 radical (unpaired) electrons. The minimum absolute atomic E-state index is 0.664. The van der Waals surface area contributed by atoms with Crippen LogP contribution < -0.4 is 0 Å². The fraction of sp³-hybridized carbons (Fsp3) is 0. The number of rotatable bonds is 5. The maximum atomic E-state index is 6.12. The van der Waals surface area contributed by atoms with Gasteiger partial charge >= 0.3 is 0 Å². The van der Waals surface area contributed by atoms with Crippen LogP contribution in [0.2, 0.25) is 0 Å². The van der Waals surface area contributed by atoms with Crippen LogP contribution in [0.1, 0.15) is 0 Å². The van der Waals surface area contributed by atoms with E-state index in [9.17, 15) is 0 Å². The van der Waals surface area contributed by atoms with Crippen LogP contribution in [-0.4, -0.2) is 15.0 Å². The molecule has 0 aliphatic heterocycles. The predicted molar refractivity (Wildman–Crippen MR) is 174 cm³/mol. The first-order chi connectivity index (χ1) is 21.3. The minimum Gasteiger partial charge on any atom is -0.456 e. The molecular weight excluding hydrogens is 526 g/mol. The summed E-state index contributed by atoms with van der Waals surface area (Å²) in [5, 5.41) is 2.22. The Morgan fingerprint density at radius 3 is 1.74 bits per heavy atom. The Kier molecular flexibility index (Phi) is 6.08. The van der Waals surface area contributed by atoms with Crippen molar-refractivity contribution in [3.8, 4) is 56.2 Å². The van der Waals surface area contributed by atoms with Crippen LogP contribution in [0.15, 0.2) is 156 Å². The summed E-state index contributed by atoms with van der Waals surface area (Å²) in [4.78, 5) is 14.3. The molecule has 3 aromatic heterocycles. The Morgan fingerprint density at radius 1 is 0.372 bits per heavy atom. The Labute approximate surface area is 249 Å². The van der Waals surface area contributed by atoms with Crippen LogP contribution in [-0.2, 0) is 0 Å². The average molecular weight is 552 g/mol. The normalized spacial score (nSPS) is 11.3. The van der Waals surface area contributed by atoms with Crippen molar-refractivity contribution in [1.29, 1.82) is 0 Å². The fourth-order valence-corrected chi connectivity index (χ4v) is 5.63. The molecular formula is C39H25N3O. The molecule has 0 unspecified atom stereocenters. The second-order valence-corrected chi connectivity index (χ2v) is 10.5. The van der Waals surface area contributed by atoms with Gasteiger partial charge in [0, 0.05) is 39.9 Å². The maximum absolute atomic E-state index is 6.12. The largest absolute Gasteiger partial charge is 0.456 e. The van der Waals surface area contributed by atoms with Crippen molar-refractivity contribution in [1.82, 2.24) is 15.0 Å². The van der Waals surface area contributed by atoms with Crippen LogP contribution in [0.3, 0.4) is 0 Å². The van der Waals surface area contributed by atoms with Gasteiger partial charge in [-0.05, 0) is 76.9 Å². The first-order valence-corrected chi connectivity index (χ1v) is 14.3. The van der Waals surface area contributed by atoms with Crippen LogP contribution in [0.25, 0.3) is 78.1 Å². The second-order valence-electron chi connectivity index (χ2n) is 10.5. The van der Waals surface area contributed by atoms with E-state index < -0.39 is 0 Å². The Hall–Kier alpha value is -5.87. The quantitative estimate of drug-likeness (QED) is 0.214. The molecule has 4 nitrogen and oxygen atoms in total. The van der Waals surface area contributed by atoms with E-state index in [1.54, 1.807) is 12.4 Å². The number of furan rings is 1. The summed E-state index contributed by atoms with van der Waals surface area (Å²) in [6.45, 7) is 0. The van der Waals surface area contributed by atoms with Crippen molar-refractivity contribution >= 4 is 21.9 Å². The molecule has 8 rings (SSSR count). The van der Waals surface area contributed by atoms with Gasteiger partial charge in [0.05, 0.1) is 11.4 Å². The van der Waals surface area contributed by atoms with Gasteiger partial charge in [-0.1, -0.05) is 84.9 Å². The van der Waals surface area contributed by atoms with Crippen molar-refractivity contribution in [2.45, 2.75) is 0 Å². The molecule has 202 valence electrons. The number of para-hydroxylation sites is 1. The third-order valence-electron chi connectivity index (χ3n) is 7.78. The number of pyridine rings is 1. The highest BCUT2D eigenvalue weighted by Crippen LogP contribution is 2.37. The zero-order valence-electron chi connectivity index (χ0n) is 23.2. The zero-order valence-corrected chi connectivity index (χ0v) is 23.2. The average Bonchev–Trinajstić information content (AvgIpc) is 3.47. The van der Waals surface area contributed by atoms with E-state index in [4.69, 9.17) is 14.4 Å². The monoisotopic (exact) mass is 551 g/mol. The summed E-state index contributed by atoms with van der Waals surface area (Å²) in [7, 11) is 0. The lowest BCUT2D eigenvalue weighted by Gasteiger charge is -2.13. The van der Waals surface area contributed by atoms with Crippen molar-refractivity contribution in [3.05, 3.63) is 152 Å². The van der Waals surface area contributed by atoms with E-state index in [1.807, 2.05) is 48.5 Å². The molecule has 43 heavy (non-hydrogen) atoms. The Morgan fingerprint density at radius 2 is 0.977 bits per heavy atom. The maximum Gasteiger partial charge on any atom is 0.160 e. The van der Waals surface area contributed by atoms with E-state index >= 15 is 0 Å². The molecule has 0 amide bonds. The molecule has 5 aromatic carbocycles. The van der Waals surface area contributed by atoms with Crippen LogP contribution in [0.5, 0.6) is 0 Å². The van der Waals surface area contributed by atoms with Crippen LogP contribution in [0, 0.1) is 0 Å². The van der Waals surface area contributed by atoms with Crippen molar-refractivity contribution in [2.24, 2.45) is 0 Å². The number of nitrogens with zero attached hydrogens (tertiary/aromatic N) is 3. The summed E-state index contributed by atoms with van der Waals surface area (Å²) in [6, 6.07) is 48.0. The van der Waals surface area contributed by atoms with Gasteiger partial charge in [0.1, 0.15) is 11.2 Å². The molecule has 0 spiro atoms. The highest BCUT2D eigenvalue weighted by atomic mass is 16.3. The molecule has 4 heteroatoms. The Bertz CT molecular complexity index is 2170. The third kappa shape index (κ3) is 4.75. The molecule has 0 saturated carbocycles. The van der Waals surface area contributed by atoms with Crippen LogP contribution >= 0.6 is 0 Å². The highest BCUT2D eigenvalue weighted by molar-refractivity contribution is 6.06. The van der Waals surface area contributed by atoms with Gasteiger partial charge in [0.15, 0.2) is 5.82 Å². The van der Waals surface area contributed by atoms with Crippen LogP contribution in [0.4, 0.5) is 0 Å². The lowest BCUT2D eigenvalue weighted by molar-refractivity contribution is 0.669. The number of hydrogen-bond acceptors (Lipinski definition) is 4. The summed E-state index contributed by atoms with van der Waals surface area (Å²) in [5.41, 5.74) is 11.0. The van der Waals surface area contributed by atoms with Gasteiger partial charge in [0.25, 0.3) is 0 Å². The number of hydrogen-bond donors (Lipinski definition) is 0. The highest BCUT2D eigenvalue weighted by Gasteiger charge is 2.14. The van der Waals surface area contributed by atoms with Gasteiger partial charge < -0.3 is 4.42 Å². The molecule has 0 fully saturated rings. The summed E-state index contributed by atoms with van der Waals surface area (Å²) < 4.78 is 6.12. The third-order valence-corrected chi connectivity index (χ3v) is 7.78. The molecule has 3 heterocycles. The van der Waals surface area contributed by atoms with E-state index in [-0.39, 0.29) is 0 Å². The minimum atomic E-state index is 0.664. The van der Waals surface area contributed by atoms with E-state index in [2.05, 4.69) is 96.0 Å². The molecule has 0 saturated heterocycles. The molecule has 0 N–H and O–H groups in total. The van der Waals surface area contributed by atoms with E-state index in [0.717, 1.165) is 72.3 Å². The Balaban J connectivity index is 1.35. The van der Waals surface area contributed by atoms with Gasteiger partial charge in [-0.2, -0.15) is 0 Å². The number of fused-ring (bicyclic) bond motifs is 3. The molecule has 0 aliphatic rings. The zero-order chi connectivity index (χ0) is 28.6. The van der Waals surface area contributed by atoms with Crippen molar-refractivity contribution < 1.29 is 4.42 Å². The lowest BCUT2D eigenvalue weighted by Crippen LogP contribution is -1.96. The number of benzene rings is 5. The van der Waals surface area contributed by atoms with Gasteiger partial charge in [0.2, 0.25) is 0 Å². The molecule has 0 bridgehead atoms. The van der Waals surface area contributed by atoms with Gasteiger partial charge in [-0.3, -0.25) is 4.98 Å². The SMILES string of the molecule is c1ccc(-c2cc(-c3ccc4oc5ccccc5c4c3)cc(-c3cc(-c4ccccc4)nc(-c4ccncc4)n3)c2)cc1. The van der Waals surface area contributed by atoms with Crippen molar-refractivity contribution in [2.75, 3.05) is 0 Å². The standard InChI is InChI=1S/C39H25N3O/c1-3-9-26(10-4-1)30-21-31(29-15-16-38-34(24-29)33-13-7-8-14-37(33)43-38)23-32(22-30)36-25-35(27-11-5-2-6-12-27)41-39(42-36)28-17-19-40-20-18-28/h1-25H. The topological polar surface area (TPSA) is 51.8 Å². The number of aromatic nitrogens is 3. The van der Waals surface area contributed by atoms with Gasteiger partial charge in [-0.25, -0.2) is 9.97 Å². The first-order valence-electron chi connectivity index (χ1n) is 14.3. The lowest BCUT2D eigenvalue weighted by atomic mass is 9.94. The second kappa shape index (κ2) is 10.5. The smallest absolute Gasteiger partial charge is 0.160 e. The summed E-state index contributed by atoms with van der Waals surface area (Å²) in [6.07, 6.45) is 3.55. The van der Waals surface area contributed by atoms with Gasteiger partial charge in [-0.15, -0.1) is 0 Å².